The first-order valence-corrected chi connectivity index (χ1v) is 12.7. The van der Waals surface area contributed by atoms with Gasteiger partial charge in [-0.2, -0.15) is 0 Å². The number of rotatable bonds is 8. The molecule has 198 valence electrons. The van der Waals surface area contributed by atoms with Gasteiger partial charge in [0.15, 0.2) is 0 Å². The molecule has 1 aliphatic heterocycles. The molecule has 0 bridgehead atoms. The second-order valence-corrected chi connectivity index (χ2v) is 9.45. The lowest BCUT2D eigenvalue weighted by Crippen LogP contribution is -2.40. The summed E-state index contributed by atoms with van der Waals surface area (Å²) >= 11 is 5.99. The molecule has 0 spiro atoms. The van der Waals surface area contributed by atoms with E-state index in [9.17, 15) is 14.4 Å². The van der Waals surface area contributed by atoms with Gasteiger partial charge in [-0.25, -0.2) is 4.98 Å². The minimum absolute atomic E-state index is 0.00665. The summed E-state index contributed by atoms with van der Waals surface area (Å²) < 4.78 is 5.26. The van der Waals surface area contributed by atoms with Crippen molar-refractivity contribution in [2.45, 2.75) is 19.3 Å². The molecule has 2 heterocycles. The largest absolute Gasteiger partial charge is 0.497 e. The highest BCUT2D eigenvalue weighted by molar-refractivity contribution is 6.30. The Bertz CT molecular complexity index is 1310. The molecule has 9 nitrogen and oxygen atoms in total. The number of aromatic nitrogens is 1. The fraction of sp³-hybridized carbons (Fsp3) is 0.286. The molecule has 3 amide bonds. The minimum Gasteiger partial charge on any atom is -0.497 e. The molecule has 2 aromatic carbocycles. The number of pyridine rings is 1. The number of nitrogens with zero attached hydrogens (tertiary/aromatic N) is 3. The Hall–Kier alpha value is -3.95. The number of nitrogens with one attached hydrogen (secondary N) is 2. The summed E-state index contributed by atoms with van der Waals surface area (Å²) in [5.41, 5.74) is 1.57. The van der Waals surface area contributed by atoms with E-state index in [1.165, 1.54) is 31.9 Å². The van der Waals surface area contributed by atoms with E-state index in [1.54, 1.807) is 54.4 Å². The van der Waals surface area contributed by atoms with Crippen LogP contribution in [0.5, 0.6) is 5.75 Å². The molecule has 1 fully saturated rings. The number of ether oxygens (including phenoxy) is 1. The molecule has 3 aromatic rings. The number of anilines is 3. The van der Waals surface area contributed by atoms with Gasteiger partial charge in [-0.05, 0) is 80.5 Å². The summed E-state index contributed by atoms with van der Waals surface area (Å²) in [7, 11) is 3.22. The van der Waals surface area contributed by atoms with Gasteiger partial charge in [-0.1, -0.05) is 18.0 Å². The number of piperidine rings is 1. The predicted octanol–water partition coefficient (Wildman–Crippen LogP) is 4.70. The van der Waals surface area contributed by atoms with E-state index in [0.29, 0.717) is 34.3 Å². The molecule has 0 atom stereocenters. The van der Waals surface area contributed by atoms with E-state index in [4.69, 9.17) is 16.3 Å². The molecule has 10 heteroatoms. The van der Waals surface area contributed by atoms with Gasteiger partial charge in [0.05, 0.1) is 24.9 Å². The molecule has 4 rings (SSSR count). The van der Waals surface area contributed by atoms with Gasteiger partial charge < -0.3 is 20.3 Å². The number of halogens is 1. The fourth-order valence-corrected chi connectivity index (χ4v) is 4.35. The zero-order valence-corrected chi connectivity index (χ0v) is 22.1. The molecule has 1 aliphatic rings. The van der Waals surface area contributed by atoms with E-state index in [0.717, 1.165) is 25.9 Å². The first-order chi connectivity index (χ1) is 18.3. The molecule has 0 saturated carbocycles. The summed E-state index contributed by atoms with van der Waals surface area (Å²) in [5.74, 6) is -0.157. The van der Waals surface area contributed by atoms with E-state index in [-0.39, 0.29) is 17.3 Å². The van der Waals surface area contributed by atoms with E-state index < -0.39 is 11.8 Å². The number of methoxy groups -OCH3 is 1. The first kappa shape index (κ1) is 27.1. The van der Waals surface area contributed by atoms with Crippen LogP contribution >= 0.6 is 11.6 Å². The topological polar surface area (TPSA) is 104 Å². The van der Waals surface area contributed by atoms with Crippen molar-refractivity contribution in [3.63, 3.8) is 0 Å². The van der Waals surface area contributed by atoms with Crippen LogP contribution in [0.25, 0.3) is 0 Å². The van der Waals surface area contributed by atoms with Gasteiger partial charge >= 0.3 is 0 Å². The van der Waals surface area contributed by atoms with Gasteiger partial charge in [0, 0.05) is 29.5 Å². The Morgan fingerprint density at radius 3 is 2.39 bits per heavy atom. The smallest absolute Gasteiger partial charge is 0.259 e. The first-order valence-electron chi connectivity index (χ1n) is 12.4. The summed E-state index contributed by atoms with van der Waals surface area (Å²) in [6.45, 7) is 2.27. The zero-order valence-electron chi connectivity index (χ0n) is 21.4. The average Bonchev–Trinajstić information content (AvgIpc) is 2.93. The third-order valence-corrected chi connectivity index (χ3v) is 6.62. The van der Waals surface area contributed by atoms with Gasteiger partial charge in [-0.3, -0.25) is 19.3 Å². The van der Waals surface area contributed by atoms with Crippen molar-refractivity contribution in [3.8, 4) is 5.75 Å². The third kappa shape index (κ3) is 6.87. The number of amides is 3. The Morgan fingerprint density at radius 1 is 0.974 bits per heavy atom. The zero-order chi connectivity index (χ0) is 27.1. The Labute approximate surface area is 226 Å². The Balaban J connectivity index is 1.45. The number of carbonyl (C=O) groups is 3. The number of likely N-dealkylation sites (N-methyl/N-ethyl adjacent to an activating group) is 1. The summed E-state index contributed by atoms with van der Waals surface area (Å²) in [6, 6.07) is 14.7. The van der Waals surface area contributed by atoms with Crippen LogP contribution in [0.2, 0.25) is 5.02 Å². The highest BCUT2D eigenvalue weighted by Gasteiger charge is 2.19. The van der Waals surface area contributed by atoms with Gasteiger partial charge in [0.2, 0.25) is 5.91 Å². The average molecular weight is 536 g/mol. The molecule has 0 radical (unpaired) electrons. The molecule has 0 unspecified atom stereocenters. The van der Waals surface area contributed by atoms with Crippen molar-refractivity contribution in [1.82, 2.24) is 9.88 Å². The quantitative estimate of drug-likeness (QED) is 0.433. The monoisotopic (exact) mass is 535 g/mol. The molecule has 2 N–H and O–H groups in total. The number of hydrogen-bond acceptors (Lipinski definition) is 6. The number of carbonyl (C=O) groups excluding carboxylic acids is 3. The molecule has 0 aliphatic carbocycles. The number of benzene rings is 2. The lowest BCUT2D eigenvalue weighted by Gasteiger charge is -2.28. The van der Waals surface area contributed by atoms with Crippen LogP contribution in [-0.2, 0) is 4.79 Å². The van der Waals surface area contributed by atoms with Crippen LogP contribution < -0.4 is 20.3 Å². The molecule has 38 heavy (non-hydrogen) atoms. The van der Waals surface area contributed by atoms with Crippen molar-refractivity contribution in [3.05, 3.63) is 76.9 Å². The van der Waals surface area contributed by atoms with Crippen molar-refractivity contribution in [1.29, 1.82) is 0 Å². The Kier molecular flexibility index (Phi) is 8.93. The fourth-order valence-electron chi connectivity index (χ4n) is 4.19. The lowest BCUT2D eigenvalue weighted by atomic mass is 10.1. The lowest BCUT2D eigenvalue weighted by molar-refractivity contribution is -0.119. The third-order valence-electron chi connectivity index (χ3n) is 6.38. The number of hydrogen-bond donors (Lipinski definition) is 2. The number of likely N-dealkylation sites (tertiary alicyclic amines) is 1. The van der Waals surface area contributed by atoms with Crippen molar-refractivity contribution >= 4 is 46.5 Å². The normalized spacial score (nSPS) is 13.4. The maximum absolute atomic E-state index is 13.0. The van der Waals surface area contributed by atoms with Crippen LogP contribution in [0.3, 0.4) is 0 Å². The molecule has 1 aromatic heterocycles. The SMILES string of the molecule is COc1ccc(NC(=O)c2ccc(N(C)C(=O)CN3CCCCC3)cc2)c(C(=O)Nc2cc(Cl)ccn2)c1. The Morgan fingerprint density at radius 2 is 1.71 bits per heavy atom. The second-order valence-electron chi connectivity index (χ2n) is 9.02. The summed E-state index contributed by atoms with van der Waals surface area (Å²) in [4.78, 5) is 46.6. The van der Waals surface area contributed by atoms with Crippen molar-refractivity contribution in [2.75, 3.05) is 49.3 Å². The van der Waals surface area contributed by atoms with Crippen LogP contribution in [0.1, 0.15) is 40.0 Å². The van der Waals surface area contributed by atoms with Crippen LogP contribution in [0, 0.1) is 0 Å². The summed E-state index contributed by atoms with van der Waals surface area (Å²) in [5, 5.41) is 5.90. The van der Waals surface area contributed by atoms with Gasteiger partial charge in [0.25, 0.3) is 11.8 Å². The highest BCUT2D eigenvalue weighted by atomic mass is 35.5. The maximum Gasteiger partial charge on any atom is 0.259 e. The van der Waals surface area contributed by atoms with Crippen LogP contribution in [-0.4, -0.2) is 61.4 Å². The molecular formula is C28H30ClN5O4. The minimum atomic E-state index is -0.488. The maximum atomic E-state index is 13.0. The van der Waals surface area contributed by atoms with Crippen molar-refractivity contribution < 1.29 is 19.1 Å². The second kappa shape index (κ2) is 12.5. The van der Waals surface area contributed by atoms with E-state index in [2.05, 4.69) is 20.5 Å². The molecule has 1 saturated heterocycles. The van der Waals surface area contributed by atoms with Crippen molar-refractivity contribution in [2.24, 2.45) is 0 Å². The predicted molar refractivity (Wildman–Crippen MR) is 148 cm³/mol. The highest BCUT2D eigenvalue weighted by Crippen LogP contribution is 2.25. The van der Waals surface area contributed by atoms with Crippen LogP contribution in [0.4, 0.5) is 17.2 Å². The van der Waals surface area contributed by atoms with Gasteiger partial charge in [-0.15, -0.1) is 0 Å². The standard InChI is InChI=1S/C28H30ClN5O4/c1-33(26(35)18-34-14-4-3-5-15-34)21-8-6-19(7-9-21)27(36)31-24-11-10-22(38-2)17-23(24)28(37)32-25-16-20(29)12-13-30-25/h6-13,16-17H,3-5,14-15,18H2,1-2H3,(H,31,36)(H,30,32,37). The van der Waals surface area contributed by atoms with Crippen LogP contribution in [0.15, 0.2) is 60.8 Å². The summed E-state index contributed by atoms with van der Waals surface area (Å²) in [6.07, 6.45) is 4.94. The van der Waals surface area contributed by atoms with E-state index in [1.807, 2.05) is 0 Å². The molecular weight excluding hydrogens is 506 g/mol. The van der Waals surface area contributed by atoms with E-state index >= 15 is 0 Å². The van der Waals surface area contributed by atoms with Gasteiger partial charge in [0.1, 0.15) is 11.6 Å².